The first-order valence-electron chi connectivity index (χ1n) is 8.08. The van der Waals surface area contributed by atoms with E-state index in [0.29, 0.717) is 25.7 Å². The average Bonchev–Trinajstić information content (AvgIpc) is 2.94. The van der Waals surface area contributed by atoms with E-state index in [1.807, 2.05) is 0 Å². The normalized spacial score (nSPS) is 23.3. The van der Waals surface area contributed by atoms with Gasteiger partial charge in [-0.3, -0.25) is 14.6 Å². The minimum atomic E-state index is -0.424. The molecule has 1 aliphatic carbocycles. The quantitative estimate of drug-likeness (QED) is 0.674. The molecule has 0 unspecified atom stereocenters. The van der Waals surface area contributed by atoms with Crippen molar-refractivity contribution in [2.45, 2.75) is 37.8 Å². The van der Waals surface area contributed by atoms with Gasteiger partial charge >= 0.3 is 0 Å². The van der Waals surface area contributed by atoms with Gasteiger partial charge in [0.25, 0.3) is 0 Å². The van der Waals surface area contributed by atoms with E-state index in [1.54, 1.807) is 7.11 Å². The van der Waals surface area contributed by atoms with Crippen LogP contribution in [0, 0.1) is 0 Å². The van der Waals surface area contributed by atoms with Gasteiger partial charge in [0.15, 0.2) is 0 Å². The molecule has 2 N–H and O–H groups in total. The van der Waals surface area contributed by atoms with Crippen LogP contribution in [0.25, 0.3) is 0 Å². The minimum absolute atomic E-state index is 0.162. The van der Waals surface area contributed by atoms with Gasteiger partial charge in [-0.2, -0.15) is 0 Å². The van der Waals surface area contributed by atoms with Gasteiger partial charge in [0, 0.05) is 45.9 Å². The molecule has 0 bridgehead atoms. The van der Waals surface area contributed by atoms with Gasteiger partial charge in [-0.25, -0.2) is 0 Å². The Balaban J connectivity index is 1.60. The Morgan fingerprint density at radius 2 is 1.86 bits per heavy atom. The molecule has 0 aromatic rings. The number of hydrogen-bond donors (Lipinski definition) is 2. The summed E-state index contributed by atoms with van der Waals surface area (Å²) >= 11 is 0. The topological polar surface area (TPSA) is 65.0 Å². The predicted molar refractivity (Wildman–Crippen MR) is 81.2 cm³/mol. The highest BCUT2D eigenvalue weighted by atomic mass is 16.5. The van der Waals surface area contributed by atoms with Crippen LogP contribution >= 0.6 is 0 Å². The maximum Gasteiger partial charge on any atom is 0.234 e. The number of carbonyl (C=O) groups is 1. The Morgan fingerprint density at radius 1 is 1.24 bits per heavy atom. The number of ether oxygens (including phenoxy) is 1. The Labute approximate surface area is 127 Å². The van der Waals surface area contributed by atoms with Gasteiger partial charge in [-0.15, -0.1) is 0 Å². The second-order valence-corrected chi connectivity index (χ2v) is 6.23. The largest absolute Gasteiger partial charge is 0.389 e. The van der Waals surface area contributed by atoms with Crippen LogP contribution in [-0.4, -0.2) is 85.9 Å². The maximum absolute atomic E-state index is 12.0. The average molecular weight is 299 g/mol. The van der Waals surface area contributed by atoms with E-state index in [9.17, 15) is 9.90 Å². The van der Waals surface area contributed by atoms with Crippen molar-refractivity contribution in [3.63, 3.8) is 0 Å². The summed E-state index contributed by atoms with van der Waals surface area (Å²) in [5.74, 6) is 0.162. The van der Waals surface area contributed by atoms with Gasteiger partial charge in [0.2, 0.25) is 5.91 Å². The molecule has 0 aromatic heterocycles. The monoisotopic (exact) mass is 299 g/mol. The zero-order valence-corrected chi connectivity index (χ0v) is 13.1. The molecule has 0 spiro atoms. The van der Waals surface area contributed by atoms with E-state index in [2.05, 4.69) is 15.1 Å². The number of nitrogens with one attached hydrogen (secondary N) is 1. The van der Waals surface area contributed by atoms with Gasteiger partial charge in [-0.05, 0) is 12.8 Å². The van der Waals surface area contributed by atoms with Gasteiger partial charge in [0.1, 0.15) is 0 Å². The highest BCUT2D eigenvalue weighted by Crippen LogP contribution is 2.17. The third-order valence-corrected chi connectivity index (χ3v) is 4.38. The Bertz CT molecular complexity index is 313. The van der Waals surface area contributed by atoms with Gasteiger partial charge in [-0.1, -0.05) is 12.8 Å². The first-order chi connectivity index (χ1) is 10.2. The smallest absolute Gasteiger partial charge is 0.234 e. The summed E-state index contributed by atoms with van der Waals surface area (Å²) in [6, 6.07) is 0.406. The molecule has 1 heterocycles. The van der Waals surface area contributed by atoms with Crippen molar-refractivity contribution in [2.75, 3.05) is 53.0 Å². The molecule has 122 valence electrons. The summed E-state index contributed by atoms with van der Waals surface area (Å²) in [4.78, 5) is 16.4. The molecule has 2 rings (SSSR count). The Hall–Kier alpha value is -0.690. The maximum atomic E-state index is 12.0. The van der Waals surface area contributed by atoms with Crippen LogP contribution in [0.3, 0.4) is 0 Å². The van der Waals surface area contributed by atoms with E-state index in [-0.39, 0.29) is 5.91 Å². The molecule has 1 saturated heterocycles. The van der Waals surface area contributed by atoms with Gasteiger partial charge < -0.3 is 15.2 Å². The van der Waals surface area contributed by atoms with Crippen molar-refractivity contribution in [1.82, 2.24) is 15.1 Å². The molecule has 1 aliphatic heterocycles. The van der Waals surface area contributed by atoms with Crippen LogP contribution in [0.5, 0.6) is 0 Å². The number of hydrogen-bond acceptors (Lipinski definition) is 5. The predicted octanol–water partition coefficient (Wildman–Crippen LogP) is -0.330. The lowest BCUT2D eigenvalue weighted by atomic mass is 10.2. The van der Waals surface area contributed by atoms with Crippen LogP contribution in [0.15, 0.2) is 0 Å². The second-order valence-electron chi connectivity index (χ2n) is 6.23. The Morgan fingerprint density at radius 3 is 2.48 bits per heavy atom. The fraction of sp³-hybridized carbons (Fsp3) is 0.933. The summed E-state index contributed by atoms with van der Waals surface area (Å²) < 4.78 is 4.94. The molecular formula is C15H29N3O3. The number of piperazine rings is 1. The number of aliphatic hydroxyl groups is 1. The zero-order chi connectivity index (χ0) is 15.1. The third kappa shape index (κ3) is 5.90. The number of nitrogens with zero attached hydrogens (tertiary/aromatic N) is 2. The second kappa shape index (κ2) is 8.68. The van der Waals surface area contributed by atoms with Crippen LogP contribution in [0.4, 0.5) is 0 Å². The molecule has 6 heteroatoms. The van der Waals surface area contributed by atoms with Crippen LogP contribution in [-0.2, 0) is 9.53 Å². The highest BCUT2D eigenvalue weighted by Gasteiger charge is 2.22. The van der Waals surface area contributed by atoms with Crippen molar-refractivity contribution < 1.29 is 14.6 Å². The zero-order valence-electron chi connectivity index (χ0n) is 13.1. The molecule has 2 aliphatic rings. The number of aliphatic hydroxyl groups excluding tert-OH is 1. The van der Waals surface area contributed by atoms with Crippen molar-refractivity contribution in [1.29, 1.82) is 0 Å². The molecule has 1 saturated carbocycles. The van der Waals surface area contributed by atoms with Crippen molar-refractivity contribution >= 4 is 5.91 Å². The molecule has 2 fully saturated rings. The summed E-state index contributed by atoms with van der Waals surface area (Å²) in [6.45, 7) is 5.11. The van der Waals surface area contributed by atoms with Crippen molar-refractivity contribution in [2.24, 2.45) is 0 Å². The minimum Gasteiger partial charge on any atom is -0.389 e. The molecule has 6 nitrogen and oxygen atoms in total. The molecular weight excluding hydrogens is 270 g/mol. The van der Waals surface area contributed by atoms with E-state index in [4.69, 9.17) is 4.74 Å². The van der Waals surface area contributed by atoms with Gasteiger partial charge in [0.05, 0.1) is 19.3 Å². The number of carbonyl (C=O) groups excluding carboxylic acids is 1. The molecule has 1 amide bonds. The lowest BCUT2D eigenvalue weighted by Gasteiger charge is -2.35. The number of amides is 1. The fourth-order valence-electron chi connectivity index (χ4n) is 3.22. The molecule has 1 atom stereocenters. The van der Waals surface area contributed by atoms with Crippen LogP contribution in [0.2, 0.25) is 0 Å². The van der Waals surface area contributed by atoms with E-state index >= 15 is 0 Å². The van der Waals surface area contributed by atoms with E-state index in [1.165, 1.54) is 12.8 Å². The van der Waals surface area contributed by atoms with Crippen LogP contribution in [0.1, 0.15) is 25.7 Å². The first-order valence-corrected chi connectivity index (χ1v) is 8.08. The lowest BCUT2D eigenvalue weighted by molar-refractivity contribution is -0.123. The molecule has 0 aromatic carbocycles. The number of β-amino-alcohol motifs (C(OH)–C–C–N with tert-alkyl or cyclic N) is 1. The number of rotatable bonds is 7. The van der Waals surface area contributed by atoms with E-state index < -0.39 is 6.10 Å². The summed E-state index contributed by atoms with van der Waals surface area (Å²) in [5, 5.41) is 12.9. The summed E-state index contributed by atoms with van der Waals surface area (Å²) in [5.41, 5.74) is 0. The Kier molecular flexibility index (Phi) is 6.89. The SMILES string of the molecule is COC[C@H](O)CN1CCN(CC(=O)NC2CCCC2)CC1. The van der Waals surface area contributed by atoms with E-state index in [0.717, 1.165) is 39.0 Å². The molecule has 0 radical (unpaired) electrons. The third-order valence-electron chi connectivity index (χ3n) is 4.38. The highest BCUT2D eigenvalue weighted by molar-refractivity contribution is 5.78. The summed E-state index contributed by atoms with van der Waals surface area (Å²) in [7, 11) is 1.60. The summed E-state index contributed by atoms with van der Waals surface area (Å²) in [6.07, 6.45) is 4.33. The lowest BCUT2D eigenvalue weighted by Crippen LogP contribution is -2.51. The van der Waals surface area contributed by atoms with Crippen molar-refractivity contribution in [3.05, 3.63) is 0 Å². The molecule has 21 heavy (non-hydrogen) atoms. The fourth-order valence-corrected chi connectivity index (χ4v) is 3.22. The first kappa shape index (κ1) is 16.7. The van der Waals surface area contributed by atoms with Crippen molar-refractivity contribution in [3.8, 4) is 0 Å². The van der Waals surface area contributed by atoms with Crippen LogP contribution < -0.4 is 5.32 Å². The number of methoxy groups -OCH3 is 1. The standard InChI is InChI=1S/C15H29N3O3/c1-21-12-14(19)10-17-6-8-18(9-7-17)11-15(20)16-13-4-2-3-5-13/h13-14,19H,2-12H2,1H3,(H,16,20)/t14-/m1/s1.